The van der Waals surface area contributed by atoms with Crippen LogP contribution in [0.1, 0.15) is 36.8 Å². The number of ether oxygens (including phenoxy) is 3. The van der Waals surface area contributed by atoms with Gasteiger partial charge in [0.2, 0.25) is 0 Å². The molecule has 1 aromatic rings. The Bertz CT molecular complexity index is 427. The molecule has 0 amide bonds. The lowest BCUT2D eigenvalue weighted by atomic mass is 10.1. The Labute approximate surface area is 107 Å². The molecule has 1 saturated carbocycles. The molecule has 18 heavy (non-hydrogen) atoms. The summed E-state index contributed by atoms with van der Waals surface area (Å²) in [5, 5.41) is 0. The van der Waals surface area contributed by atoms with Crippen molar-refractivity contribution in [2.45, 2.75) is 45.0 Å². The second-order valence-electron chi connectivity index (χ2n) is 5.00. The van der Waals surface area contributed by atoms with E-state index >= 15 is 0 Å². The predicted octanol–water partition coefficient (Wildman–Crippen LogP) is 2.59. The summed E-state index contributed by atoms with van der Waals surface area (Å²) < 4.78 is 16.8. The van der Waals surface area contributed by atoms with Gasteiger partial charge in [0, 0.05) is 16.8 Å². The van der Waals surface area contributed by atoms with E-state index in [9.17, 15) is 0 Å². The predicted molar refractivity (Wildman–Crippen MR) is 68.2 cm³/mol. The van der Waals surface area contributed by atoms with Gasteiger partial charge in [-0.05, 0) is 25.0 Å². The number of hydrogen-bond donors (Lipinski definition) is 1. The molecule has 1 heterocycles. The molecule has 1 fully saturated rings. The van der Waals surface area contributed by atoms with E-state index in [1.807, 2.05) is 12.1 Å². The summed E-state index contributed by atoms with van der Waals surface area (Å²) in [7, 11) is 0. The minimum Gasteiger partial charge on any atom is -0.467 e. The summed E-state index contributed by atoms with van der Waals surface area (Å²) in [5.41, 5.74) is 8.70. The molecule has 2 aliphatic rings. The average Bonchev–Trinajstić information content (AvgIpc) is 2.89. The standard InChI is InChI=1S/C14H19NO3/c15-12-5-10-7-16-9-18-14(10)11(6-12)8-17-13-3-1-2-4-13/h5-6,13H,1-4,7-9,15H2. The molecule has 0 radical (unpaired) electrons. The molecule has 0 unspecified atom stereocenters. The summed E-state index contributed by atoms with van der Waals surface area (Å²) in [6, 6.07) is 3.85. The van der Waals surface area contributed by atoms with Crippen LogP contribution < -0.4 is 10.5 Å². The Morgan fingerprint density at radius 3 is 2.94 bits per heavy atom. The van der Waals surface area contributed by atoms with Crippen LogP contribution in [0.2, 0.25) is 0 Å². The maximum atomic E-state index is 5.93. The van der Waals surface area contributed by atoms with Gasteiger partial charge < -0.3 is 19.9 Å². The minimum absolute atomic E-state index is 0.313. The maximum absolute atomic E-state index is 5.93. The summed E-state index contributed by atoms with van der Waals surface area (Å²) >= 11 is 0. The van der Waals surface area contributed by atoms with Crippen LogP contribution in [-0.4, -0.2) is 12.9 Å². The van der Waals surface area contributed by atoms with E-state index in [-0.39, 0.29) is 0 Å². The summed E-state index contributed by atoms with van der Waals surface area (Å²) in [6.45, 7) is 1.46. The molecule has 1 aromatic carbocycles. The van der Waals surface area contributed by atoms with Crippen molar-refractivity contribution in [3.63, 3.8) is 0 Å². The molecular formula is C14H19NO3. The fourth-order valence-electron chi connectivity index (χ4n) is 2.70. The quantitative estimate of drug-likeness (QED) is 0.837. The molecule has 0 aromatic heterocycles. The fourth-order valence-corrected chi connectivity index (χ4v) is 2.70. The highest BCUT2D eigenvalue weighted by atomic mass is 16.7. The van der Waals surface area contributed by atoms with E-state index in [0.717, 1.165) is 22.6 Å². The first-order chi connectivity index (χ1) is 8.83. The number of benzene rings is 1. The monoisotopic (exact) mass is 249 g/mol. The second kappa shape index (κ2) is 5.16. The van der Waals surface area contributed by atoms with Crippen molar-refractivity contribution >= 4 is 5.69 Å². The molecule has 2 N–H and O–H groups in total. The highest BCUT2D eigenvalue weighted by molar-refractivity contribution is 5.53. The topological polar surface area (TPSA) is 53.7 Å². The fraction of sp³-hybridized carbons (Fsp3) is 0.571. The van der Waals surface area contributed by atoms with Crippen LogP contribution in [0.3, 0.4) is 0 Å². The number of nitrogens with two attached hydrogens (primary N) is 1. The first-order valence-corrected chi connectivity index (χ1v) is 6.56. The molecule has 0 saturated heterocycles. The van der Waals surface area contributed by atoms with Gasteiger partial charge in [0.05, 0.1) is 19.3 Å². The lowest BCUT2D eigenvalue weighted by Crippen LogP contribution is -2.15. The second-order valence-corrected chi connectivity index (χ2v) is 5.00. The van der Waals surface area contributed by atoms with Crippen molar-refractivity contribution in [1.82, 2.24) is 0 Å². The van der Waals surface area contributed by atoms with E-state index < -0.39 is 0 Å². The van der Waals surface area contributed by atoms with Crippen molar-refractivity contribution in [1.29, 1.82) is 0 Å². The molecule has 0 atom stereocenters. The van der Waals surface area contributed by atoms with Crippen molar-refractivity contribution < 1.29 is 14.2 Å². The van der Waals surface area contributed by atoms with Gasteiger partial charge >= 0.3 is 0 Å². The van der Waals surface area contributed by atoms with Crippen molar-refractivity contribution in [2.24, 2.45) is 0 Å². The minimum atomic E-state index is 0.313. The molecule has 4 heteroatoms. The SMILES string of the molecule is Nc1cc2c(c(COC3CCCC3)c1)OCOC2. The number of fused-ring (bicyclic) bond motifs is 1. The average molecular weight is 249 g/mol. The normalized spacial score (nSPS) is 19.6. The number of rotatable bonds is 3. The van der Waals surface area contributed by atoms with Crippen molar-refractivity contribution in [2.75, 3.05) is 12.5 Å². The van der Waals surface area contributed by atoms with E-state index in [4.69, 9.17) is 19.9 Å². The van der Waals surface area contributed by atoms with Crippen LogP contribution in [0.4, 0.5) is 5.69 Å². The molecule has 1 aliphatic carbocycles. The van der Waals surface area contributed by atoms with Gasteiger partial charge in [0.15, 0.2) is 6.79 Å². The Morgan fingerprint density at radius 2 is 2.11 bits per heavy atom. The molecule has 98 valence electrons. The molecule has 4 nitrogen and oxygen atoms in total. The first kappa shape index (κ1) is 11.8. The van der Waals surface area contributed by atoms with E-state index in [0.29, 0.717) is 26.1 Å². The molecule has 0 bridgehead atoms. The number of hydrogen-bond acceptors (Lipinski definition) is 4. The molecule has 1 aliphatic heterocycles. The summed E-state index contributed by atoms with van der Waals surface area (Å²) in [5.74, 6) is 0.897. The van der Waals surface area contributed by atoms with Crippen LogP contribution >= 0.6 is 0 Å². The van der Waals surface area contributed by atoms with Crippen LogP contribution in [0.5, 0.6) is 5.75 Å². The van der Waals surface area contributed by atoms with Gasteiger partial charge in [-0.1, -0.05) is 12.8 Å². The zero-order valence-electron chi connectivity index (χ0n) is 10.5. The zero-order chi connectivity index (χ0) is 12.4. The van der Waals surface area contributed by atoms with Gasteiger partial charge in [0.1, 0.15) is 5.75 Å². The maximum Gasteiger partial charge on any atom is 0.189 e. The van der Waals surface area contributed by atoms with Crippen LogP contribution in [-0.2, 0) is 22.7 Å². The Balaban J connectivity index is 1.75. The summed E-state index contributed by atoms with van der Waals surface area (Å²) in [4.78, 5) is 0. The van der Waals surface area contributed by atoms with Crippen molar-refractivity contribution in [3.8, 4) is 5.75 Å². The highest BCUT2D eigenvalue weighted by Gasteiger charge is 2.19. The number of nitrogen functional groups attached to an aromatic ring is 1. The Hall–Kier alpha value is -1.26. The lowest BCUT2D eigenvalue weighted by molar-refractivity contribution is -0.0197. The van der Waals surface area contributed by atoms with Gasteiger partial charge in [-0.15, -0.1) is 0 Å². The zero-order valence-corrected chi connectivity index (χ0v) is 10.5. The van der Waals surface area contributed by atoms with Gasteiger partial charge in [-0.2, -0.15) is 0 Å². The van der Waals surface area contributed by atoms with Gasteiger partial charge in [0.25, 0.3) is 0 Å². The van der Waals surface area contributed by atoms with Gasteiger partial charge in [-0.3, -0.25) is 0 Å². The third kappa shape index (κ3) is 2.44. The highest BCUT2D eigenvalue weighted by Crippen LogP contribution is 2.32. The van der Waals surface area contributed by atoms with Crippen LogP contribution in [0.15, 0.2) is 12.1 Å². The Kier molecular flexibility index (Phi) is 3.39. The smallest absolute Gasteiger partial charge is 0.189 e. The molecular weight excluding hydrogens is 230 g/mol. The van der Waals surface area contributed by atoms with Crippen molar-refractivity contribution in [3.05, 3.63) is 23.3 Å². The van der Waals surface area contributed by atoms with E-state index in [2.05, 4.69) is 0 Å². The van der Waals surface area contributed by atoms with Crippen LogP contribution in [0, 0.1) is 0 Å². The molecule has 3 rings (SSSR count). The first-order valence-electron chi connectivity index (χ1n) is 6.56. The molecule has 0 spiro atoms. The lowest BCUT2D eigenvalue weighted by Gasteiger charge is -2.22. The number of anilines is 1. The van der Waals surface area contributed by atoms with E-state index in [1.165, 1.54) is 25.7 Å². The van der Waals surface area contributed by atoms with E-state index in [1.54, 1.807) is 0 Å². The Morgan fingerprint density at radius 1 is 1.28 bits per heavy atom. The third-order valence-electron chi connectivity index (χ3n) is 3.59. The largest absolute Gasteiger partial charge is 0.467 e. The van der Waals surface area contributed by atoms with Crippen LogP contribution in [0.25, 0.3) is 0 Å². The summed E-state index contributed by atoms with van der Waals surface area (Å²) in [6.07, 6.45) is 5.32. The van der Waals surface area contributed by atoms with Gasteiger partial charge in [-0.25, -0.2) is 0 Å². The third-order valence-corrected chi connectivity index (χ3v) is 3.59.